The van der Waals surface area contributed by atoms with Gasteiger partial charge in [-0.3, -0.25) is 4.90 Å². The minimum atomic E-state index is -0.205. The Balaban J connectivity index is 1.61. The molecule has 0 spiro atoms. The third kappa shape index (κ3) is 3.79. The lowest BCUT2D eigenvalue weighted by molar-refractivity contribution is -0.0601. The molecule has 1 aliphatic heterocycles. The van der Waals surface area contributed by atoms with E-state index in [0.29, 0.717) is 12.0 Å². The summed E-state index contributed by atoms with van der Waals surface area (Å²) in [4.78, 5) is 15.9. The largest absolute Gasteiger partial charge is 0.465 e. The number of thiophene rings is 1. The third-order valence-electron chi connectivity index (χ3n) is 6.30. The fourth-order valence-electron chi connectivity index (χ4n) is 4.63. The zero-order chi connectivity index (χ0) is 18.0. The molecule has 3 rings (SSSR count). The SMILES string of the molecule is CC[C@@H](c1scc(C(=O)OC)c1C)[C@H]1CC[C@H](N2CC(OC)C2)CC1. The second-order valence-electron chi connectivity index (χ2n) is 7.53. The molecule has 0 amide bonds. The summed E-state index contributed by atoms with van der Waals surface area (Å²) in [5.41, 5.74) is 1.89. The molecule has 25 heavy (non-hydrogen) atoms. The van der Waals surface area contributed by atoms with E-state index in [-0.39, 0.29) is 5.97 Å². The van der Waals surface area contributed by atoms with Crippen LogP contribution in [0.2, 0.25) is 0 Å². The van der Waals surface area contributed by atoms with E-state index in [4.69, 9.17) is 9.47 Å². The van der Waals surface area contributed by atoms with E-state index in [9.17, 15) is 4.79 Å². The monoisotopic (exact) mass is 365 g/mol. The van der Waals surface area contributed by atoms with Crippen molar-refractivity contribution in [2.24, 2.45) is 5.92 Å². The Morgan fingerprint density at radius 1 is 1.28 bits per heavy atom. The highest BCUT2D eigenvalue weighted by Crippen LogP contribution is 2.43. The Morgan fingerprint density at radius 3 is 2.52 bits per heavy atom. The van der Waals surface area contributed by atoms with Crippen molar-refractivity contribution >= 4 is 17.3 Å². The van der Waals surface area contributed by atoms with Gasteiger partial charge < -0.3 is 9.47 Å². The van der Waals surface area contributed by atoms with Crippen molar-refractivity contribution < 1.29 is 14.3 Å². The third-order valence-corrected chi connectivity index (χ3v) is 7.51. The van der Waals surface area contributed by atoms with E-state index in [1.807, 2.05) is 12.5 Å². The molecule has 2 heterocycles. The van der Waals surface area contributed by atoms with Crippen LogP contribution in [0.4, 0.5) is 0 Å². The van der Waals surface area contributed by atoms with Crippen LogP contribution in [0.1, 0.15) is 65.7 Å². The van der Waals surface area contributed by atoms with Crippen molar-refractivity contribution in [2.75, 3.05) is 27.3 Å². The highest BCUT2D eigenvalue weighted by molar-refractivity contribution is 7.10. The average molecular weight is 366 g/mol. The number of hydrogen-bond acceptors (Lipinski definition) is 5. The van der Waals surface area contributed by atoms with Crippen molar-refractivity contribution in [2.45, 2.75) is 64.0 Å². The molecule has 1 saturated heterocycles. The van der Waals surface area contributed by atoms with Crippen LogP contribution in [0.15, 0.2) is 5.38 Å². The van der Waals surface area contributed by atoms with Gasteiger partial charge in [0.05, 0.1) is 18.8 Å². The summed E-state index contributed by atoms with van der Waals surface area (Å²) in [6.07, 6.45) is 6.78. The Bertz CT molecular complexity index is 586. The van der Waals surface area contributed by atoms with Crippen molar-refractivity contribution in [1.82, 2.24) is 4.90 Å². The van der Waals surface area contributed by atoms with Crippen LogP contribution in [0, 0.1) is 12.8 Å². The molecule has 1 saturated carbocycles. The van der Waals surface area contributed by atoms with E-state index in [1.165, 1.54) is 37.7 Å². The topological polar surface area (TPSA) is 38.8 Å². The fourth-order valence-corrected chi connectivity index (χ4v) is 5.97. The van der Waals surface area contributed by atoms with Gasteiger partial charge in [0.2, 0.25) is 0 Å². The number of likely N-dealkylation sites (tertiary alicyclic amines) is 1. The molecule has 1 aliphatic carbocycles. The maximum atomic E-state index is 11.9. The van der Waals surface area contributed by atoms with Gasteiger partial charge in [0, 0.05) is 36.5 Å². The summed E-state index contributed by atoms with van der Waals surface area (Å²) in [7, 11) is 3.28. The first-order valence-electron chi connectivity index (χ1n) is 9.52. The van der Waals surface area contributed by atoms with Crippen LogP contribution in [0.25, 0.3) is 0 Å². The Morgan fingerprint density at radius 2 is 1.96 bits per heavy atom. The van der Waals surface area contributed by atoms with Crippen LogP contribution < -0.4 is 0 Å². The first-order chi connectivity index (χ1) is 12.1. The summed E-state index contributed by atoms with van der Waals surface area (Å²) in [6, 6.07) is 0.746. The van der Waals surface area contributed by atoms with Gasteiger partial charge in [-0.25, -0.2) is 4.79 Å². The molecule has 0 N–H and O–H groups in total. The van der Waals surface area contributed by atoms with E-state index in [0.717, 1.165) is 42.6 Å². The molecule has 0 unspecified atom stereocenters. The molecule has 4 nitrogen and oxygen atoms in total. The summed E-state index contributed by atoms with van der Waals surface area (Å²) < 4.78 is 10.3. The van der Waals surface area contributed by atoms with Crippen LogP contribution in [-0.2, 0) is 9.47 Å². The van der Waals surface area contributed by atoms with Gasteiger partial charge in [-0.2, -0.15) is 0 Å². The Kier molecular flexibility index (Phi) is 6.18. The van der Waals surface area contributed by atoms with Crippen LogP contribution in [-0.4, -0.2) is 50.3 Å². The predicted octanol–water partition coefficient (Wildman–Crippen LogP) is 4.23. The van der Waals surface area contributed by atoms with Gasteiger partial charge in [0.25, 0.3) is 0 Å². The van der Waals surface area contributed by atoms with Crippen LogP contribution in [0.3, 0.4) is 0 Å². The van der Waals surface area contributed by atoms with Crippen LogP contribution in [0.5, 0.6) is 0 Å². The molecule has 0 bridgehead atoms. The van der Waals surface area contributed by atoms with Crippen LogP contribution >= 0.6 is 11.3 Å². The summed E-state index contributed by atoms with van der Waals surface area (Å²) in [6.45, 7) is 6.58. The summed E-state index contributed by atoms with van der Waals surface area (Å²) in [5.74, 6) is 1.11. The first kappa shape index (κ1) is 18.9. The second kappa shape index (κ2) is 8.19. The number of esters is 1. The minimum absolute atomic E-state index is 0.205. The number of rotatable bonds is 6. The normalized spacial score (nSPS) is 26.2. The predicted molar refractivity (Wildman–Crippen MR) is 102 cm³/mol. The van der Waals surface area contributed by atoms with Gasteiger partial charge in [-0.1, -0.05) is 6.92 Å². The van der Waals surface area contributed by atoms with E-state index < -0.39 is 0 Å². The lowest BCUT2D eigenvalue weighted by Crippen LogP contribution is -2.56. The Labute approximate surface area is 155 Å². The quantitative estimate of drug-likeness (QED) is 0.707. The molecular formula is C20H31NO3S. The summed E-state index contributed by atoms with van der Waals surface area (Å²) in [5, 5.41) is 1.98. The molecule has 1 aromatic rings. The number of methoxy groups -OCH3 is 2. The molecule has 0 aromatic carbocycles. The second-order valence-corrected chi connectivity index (χ2v) is 8.44. The van der Waals surface area contributed by atoms with E-state index in [1.54, 1.807) is 11.3 Å². The van der Waals surface area contributed by atoms with Gasteiger partial charge in [0.1, 0.15) is 0 Å². The van der Waals surface area contributed by atoms with Crippen molar-refractivity contribution in [3.8, 4) is 0 Å². The standard InChI is InChI=1S/C20H31NO3S/c1-5-17(19-13(2)18(12-25-19)20(22)24-4)14-6-8-15(9-7-14)21-10-16(11-21)23-3/h12,14-17H,5-11H2,1-4H3/t14-,15-,17-/m1/s1. The average Bonchev–Trinajstić information content (AvgIpc) is 2.97. The first-order valence-corrected chi connectivity index (χ1v) is 10.4. The lowest BCUT2D eigenvalue weighted by Gasteiger charge is -2.46. The number of carbonyl (C=O) groups is 1. The molecule has 1 aromatic heterocycles. The molecule has 140 valence electrons. The minimum Gasteiger partial charge on any atom is -0.465 e. The summed E-state index contributed by atoms with van der Waals surface area (Å²) >= 11 is 1.74. The van der Waals surface area contributed by atoms with Crippen molar-refractivity contribution in [3.63, 3.8) is 0 Å². The van der Waals surface area contributed by atoms with E-state index >= 15 is 0 Å². The van der Waals surface area contributed by atoms with Gasteiger partial charge in [0.15, 0.2) is 0 Å². The lowest BCUT2D eigenvalue weighted by atomic mass is 9.75. The highest BCUT2D eigenvalue weighted by Gasteiger charge is 2.36. The molecule has 0 radical (unpaired) electrons. The van der Waals surface area contributed by atoms with E-state index in [2.05, 4.69) is 18.7 Å². The fraction of sp³-hybridized carbons (Fsp3) is 0.750. The van der Waals surface area contributed by atoms with Gasteiger partial charge in [-0.05, 0) is 56.4 Å². The molecule has 5 heteroatoms. The van der Waals surface area contributed by atoms with Crippen molar-refractivity contribution in [3.05, 3.63) is 21.4 Å². The maximum Gasteiger partial charge on any atom is 0.338 e. The van der Waals surface area contributed by atoms with Gasteiger partial charge in [-0.15, -0.1) is 11.3 Å². The maximum absolute atomic E-state index is 11.9. The smallest absolute Gasteiger partial charge is 0.338 e. The zero-order valence-electron chi connectivity index (χ0n) is 15.9. The van der Waals surface area contributed by atoms with Gasteiger partial charge >= 0.3 is 5.97 Å². The number of hydrogen-bond donors (Lipinski definition) is 0. The molecular weight excluding hydrogens is 334 g/mol. The molecule has 1 atom stereocenters. The number of ether oxygens (including phenoxy) is 2. The number of nitrogens with zero attached hydrogens (tertiary/aromatic N) is 1. The Hall–Kier alpha value is -0.910. The molecule has 2 aliphatic rings. The van der Waals surface area contributed by atoms with Crippen molar-refractivity contribution in [1.29, 1.82) is 0 Å². The zero-order valence-corrected chi connectivity index (χ0v) is 16.7. The highest BCUT2D eigenvalue weighted by atomic mass is 32.1. The molecule has 2 fully saturated rings. The number of carbonyl (C=O) groups excluding carboxylic acids is 1.